The second-order valence-electron chi connectivity index (χ2n) is 6.43. The van der Waals surface area contributed by atoms with Crippen molar-refractivity contribution in [3.05, 3.63) is 86.5 Å². The average Bonchev–Trinajstić information content (AvgIpc) is 3.02. The summed E-state index contributed by atoms with van der Waals surface area (Å²) < 4.78 is 7.41. The second kappa shape index (κ2) is 7.80. The molecule has 5 nitrogen and oxygen atoms in total. The zero-order valence-electron chi connectivity index (χ0n) is 15.1. The Balaban J connectivity index is 1.85. The molecule has 0 unspecified atom stereocenters. The summed E-state index contributed by atoms with van der Waals surface area (Å²) in [6.07, 6.45) is 1.70. The molecule has 142 valence electrons. The molecule has 0 aliphatic rings. The molecule has 0 aliphatic carbocycles. The fraction of sp³-hybridized carbons (Fsp3) is 0.143. The van der Waals surface area contributed by atoms with Crippen LogP contribution in [0.3, 0.4) is 0 Å². The lowest BCUT2D eigenvalue weighted by molar-refractivity contribution is 0.175. The van der Waals surface area contributed by atoms with E-state index >= 15 is 0 Å². The van der Waals surface area contributed by atoms with Crippen LogP contribution in [0.5, 0.6) is 0 Å². The molecule has 7 heteroatoms. The molecule has 0 atom stereocenters. The van der Waals surface area contributed by atoms with E-state index in [1.807, 2.05) is 24.3 Å². The maximum atomic E-state index is 11.4. The predicted octanol–water partition coefficient (Wildman–Crippen LogP) is 4.89. The Labute approximate surface area is 171 Å². The fourth-order valence-electron chi connectivity index (χ4n) is 3.19. The van der Waals surface area contributed by atoms with Crippen molar-refractivity contribution in [1.29, 1.82) is 0 Å². The van der Waals surface area contributed by atoms with E-state index in [1.165, 1.54) is 6.07 Å². The van der Waals surface area contributed by atoms with Crippen LogP contribution in [-0.2, 0) is 17.9 Å². The molecule has 4 rings (SSSR count). The number of aromatic amines is 1. The smallest absolute Gasteiger partial charge is 0.247 e. The van der Waals surface area contributed by atoms with Crippen LogP contribution in [-0.4, -0.2) is 21.6 Å². The van der Waals surface area contributed by atoms with Crippen LogP contribution in [0, 0.1) is 0 Å². The van der Waals surface area contributed by atoms with E-state index < -0.39 is 0 Å². The van der Waals surface area contributed by atoms with Crippen LogP contribution >= 0.6 is 23.2 Å². The third-order valence-corrected chi connectivity index (χ3v) is 5.16. The minimum Gasteiger partial charge on any atom is -0.377 e. The molecule has 4 aromatic rings. The lowest BCUT2D eigenvalue weighted by Gasteiger charge is -2.11. The molecule has 0 radical (unpaired) electrons. The van der Waals surface area contributed by atoms with E-state index in [-0.39, 0.29) is 5.56 Å². The quantitative estimate of drug-likeness (QED) is 0.506. The molecular formula is C21H17Cl2N3O2. The van der Waals surface area contributed by atoms with Gasteiger partial charge in [-0.05, 0) is 53.1 Å². The summed E-state index contributed by atoms with van der Waals surface area (Å²) in [5, 5.41) is 1.28. The van der Waals surface area contributed by atoms with Crippen LogP contribution in [0.2, 0.25) is 10.0 Å². The van der Waals surface area contributed by atoms with Gasteiger partial charge in [-0.1, -0.05) is 29.3 Å². The molecule has 0 fully saturated rings. The third kappa shape index (κ3) is 3.69. The van der Waals surface area contributed by atoms with Gasteiger partial charge in [-0.3, -0.25) is 4.79 Å². The number of pyridine rings is 1. The van der Waals surface area contributed by atoms with Gasteiger partial charge in [0.15, 0.2) is 0 Å². The van der Waals surface area contributed by atoms with Crippen molar-refractivity contribution >= 4 is 34.2 Å². The van der Waals surface area contributed by atoms with Gasteiger partial charge in [0.05, 0.1) is 17.6 Å². The molecule has 0 aliphatic heterocycles. The summed E-state index contributed by atoms with van der Waals surface area (Å²) in [7, 11) is 1.64. The summed E-state index contributed by atoms with van der Waals surface area (Å²) in [5.41, 5.74) is 4.48. The normalized spacial score (nSPS) is 11.2. The van der Waals surface area contributed by atoms with E-state index in [2.05, 4.69) is 9.55 Å². The Kier molecular flexibility index (Phi) is 5.22. The van der Waals surface area contributed by atoms with Crippen LogP contribution in [0.15, 0.2) is 59.5 Å². The molecule has 0 amide bonds. The van der Waals surface area contributed by atoms with Gasteiger partial charge in [0.25, 0.3) is 0 Å². The summed E-state index contributed by atoms with van der Waals surface area (Å²) in [6.45, 7) is 0.893. The average molecular weight is 414 g/mol. The van der Waals surface area contributed by atoms with E-state index in [9.17, 15) is 4.79 Å². The minimum absolute atomic E-state index is 0.132. The highest BCUT2D eigenvalue weighted by atomic mass is 35.5. The molecule has 0 saturated heterocycles. The number of hydrogen-bond acceptors (Lipinski definition) is 3. The van der Waals surface area contributed by atoms with E-state index in [4.69, 9.17) is 32.9 Å². The number of hydrogen-bond donors (Lipinski definition) is 1. The Hall–Kier alpha value is -2.60. The van der Waals surface area contributed by atoms with Crippen LogP contribution in [0.1, 0.15) is 11.4 Å². The van der Waals surface area contributed by atoms with Crippen LogP contribution in [0.4, 0.5) is 0 Å². The summed E-state index contributed by atoms with van der Waals surface area (Å²) in [5.74, 6) is 0.798. The van der Waals surface area contributed by atoms with Crippen LogP contribution in [0.25, 0.3) is 22.2 Å². The Morgan fingerprint density at radius 3 is 2.64 bits per heavy atom. The Morgan fingerprint density at radius 2 is 1.89 bits per heavy atom. The van der Waals surface area contributed by atoms with Crippen molar-refractivity contribution in [3.63, 3.8) is 0 Å². The van der Waals surface area contributed by atoms with Crippen molar-refractivity contribution in [2.24, 2.45) is 0 Å². The van der Waals surface area contributed by atoms with Gasteiger partial charge in [-0.2, -0.15) is 0 Å². The first-order valence-electron chi connectivity index (χ1n) is 8.66. The lowest BCUT2D eigenvalue weighted by atomic mass is 10.1. The first kappa shape index (κ1) is 18.7. The van der Waals surface area contributed by atoms with E-state index in [0.717, 1.165) is 33.5 Å². The number of nitrogens with one attached hydrogen (secondary N) is 1. The third-order valence-electron chi connectivity index (χ3n) is 4.55. The van der Waals surface area contributed by atoms with Crippen molar-refractivity contribution in [3.8, 4) is 11.1 Å². The number of ether oxygens (including phenoxy) is 1. The summed E-state index contributed by atoms with van der Waals surface area (Å²) in [6, 6.07) is 14.7. The minimum atomic E-state index is -0.132. The number of H-pyrrole nitrogens is 1. The standard InChI is InChI=1S/C21H17Cl2N3O2/c1-28-12-20-25-18-6-2-13(14-3-7-21(27)24-10-14)9-19(18)26(20)11-15-8-16(22)4-5-17(15)23/h2-10H,11-12H2,1H3,(H,24,27). The maximum absolute atomic E-state index is 11.4. The van der Waals surface area contributed by atoms with Gasteiger partial charge in [-0.25, -0.2) is 4.98 Å². The number of rotatable bonds is 5. The van der Waals surface area contributed by atoms with Crippen molar-refractivity contribution in [2.75, 3.05) is 7.11 Å². The second-order valence-corrected chi connectivity index (χ2v) is 7.27. The molecule has 0 bridgehead atoms. The molecule has 0 spiro atoms. The van der Waals surface area contributed by atoms with Gasteiger partial charge in [0, 0.05) is 29.4 Å². The predicted molar refractivity (Wildman–Crippen MR) is 112 cm³/mol. The molecule has 0 saturated carbocycles. The number of aromatic nitrogens is 3. The summed E-state index contributed by atoms with van der Waals surface area (Å²) in [4.78, 5) is 18.8. The Morgan fingerprint density at radius 1 is 1.07 bits per heavy atom. The van der Waals surface area contributed by atoms with Gasteiger partial charge in [-0.15, -0.1) is 0 Å². The number of fused-ring (bicyclic) bond motifs is 1. The number of halogens is 2. The zero-order valence-corrected chi connectivity index (χ0v) is 16.6. The van der Waals surface area contributed by atoms with Gasteiger partial charge in [0.1, 0.15) is 12.4 Å². The van der Waals surface area contributed by atoms with Crippen molar-refractivity contribution in [1.82, 2.24) is 14.5 Å². The van der Waals surface area contributed by atoms with Gasteiger partial charge >= 0.3 is 0 Å². The molecule has 1 N–H and O–H groups in total. The first-order valence-corrected chi connectivity index (χ1v) is 9.42. The Bertz CT molecular complexity index is 1190. The van der Waals surface area contributed by atoms with Crippen molar-refractivity contribution < 1.29 is 4.74 Å². The van der Waals surface area contributed by atoms with Gasteiger partial charge < -0.3 is 14.3 Å². The number of benzene rings is 2. The number of imidazole rings is 1. The van der Waals surface area contributed by atoms with Crippen LogP contribution < -0.4 is 5.56 Å². The molecule has 2 aromatic heterocycles. The first-order chi connectivity index (χ1) is 13.5. The van der Waals surface area contributed by atoms with E-state index in [0.29, 0.717) is 23.2 Å². The molecular weight excluding hydrogens is 397 g/mol. The lowest BCUT2D eigenvalue weighted by Crippen LogP contribution is -2.07. The van der Waals surface area contributed by atoms with E-state index in [1.54, 1.807) is 31.5 Å². The molecule has 28 heavy (non-hydrogen) atoms. The largest absolute Gasteiger partial charge is 0.377 e. The summed E-state index contributed by atoms with van der Waals surface area (Å²) >= 11 is 12.5. The number of nitrogens with zero attached hydrogens (tertiary/aromatic N) is 2. The highest BCUT2D eigenvalue weighted by Gasteiger charge is 2.14. The molecule has 2 aromatic carbocycles. The monoisotopic (exact) mass is 413 g/mol. The van der Waals surface area contributed by atoms with Crippen molar-refractivity contribution in [2.45, 2.75) is 13.2 Å². The highest BCUT2D eigenvalue weighted by molar-refractivity contribution is 6.33. The molecule has 2 heterocycles. The highest BCUT2D eigenvalue weighted by Crippen LogP contribution is 2.28. The topological polar surface area (TPSA) is 59.9 Å². The number of methoxy groups -OCH3 is 1. The SMILES string of the molecule is COCc1nc2ccc(-c3ccc(=O)[nH]c3)cc2n1Cc1cc(Cl)ccc1Cl. The zero-order chi connectivity index (χ0) is 19.7. The fourth-order valence-corrected chi connectivity index (χ4v) is 3.56. The van der Waals surface area contributed by atoms with Gasteiger partial charge in [0.2, 0.25) is 5.56 Å². The maximum Gasteiger partial charge on any atom is 0.247 e.